The lowest BCUT2D eigenvalue weighted by molar-refractivity contribution is 0.00578. The van der Waals surface area contributed by atoms with E-state index in [1.54, 1.807) is 0 Å². The Balaban J connectivity index is 0.000000151. The van der Waals surface area contributed by atoms with E-state index in [-0.39, 0.29) is 0 Å². The minimum Gasteiger partial charge on any atom is -0.399 e. The highest BCUT2D eigenvalue weighted by molar-refractivity contribution is 14.1. The van der Waals surface area contributed by atoms with E-state index >= 15 is 0 Å². The maximum absolute atomic E-state index is 6.41. The SMILES string of the molecule is Brc1cccc(-n2c3ccccc3c3cc(-c4ccc5c(c4)c4ccccc4n5-c4ccccc4)ccc32)c1.CC1(C)OB(c2cccc(-n3c4ccccc4c4cc(-c5ccc6c(c5)c5ccccc5n6-c5ccccc5)ccc43)c2)OC1(C)C.CI.CI. The van der Waals surface area contributed by atoms with Crippen LogP contribution in [0, 0.1) is 0 Å². The number of fused-ring (bicyclic) bond motifs is 12. The highest BCUT2D eigenvalue weighted by Crippen LogP contribution is 2.42. The number of alkyl halides is 2. The van der Waals surface area contributed by atoms with E-state index in [1.165, 1.54) is 121 Å². The molecule has 0 amide bonds. The molecule has 1 saturated heterocycles. The van der Waals surface area contributed by atoms with Gasteiger partial charge in [-0.1, -0.05) is 213 Å². The van der Waals surface area contributed by atoms with Crippen molar-refractivity contribution in [3.8, 4) is 45.0 Å². The molecule has 17 rings (SSSR count). The molecule has 0 atom stereocenters. The molecule has 16 aromatic rings. The van der Waals surface area contributed by atoms with Crippen molar-refractivity contribution in [1.29, 1.82) is 0 Å². The van der Waals surface area contributed by atoms with Gasteiger partial charge in [-0.25, -0.2) is 0 Å². The van der Waals surface area contributed by atoms with Crippen LogP contribution in [0.1, 0.15) is 27.7 Å². The molecular formula is C80H64BBrI2N4O2. The zero-order valence-electron chi connectivity index (χ0n) is 50.9. The topological polar surface area (TPSA) is 38.2 Å². The van der Waals surface area contributed by atoms with Crippen molar-refractivity contribution < 1.29 is 9.31 Å². The van der Waals surface area contributed by atoms with Crippen molar-refractivity contribution in [3.05, 3.63) is 284 Å². The van der Waals surface area contributed by atoms with E-state index in [2.05, 4.69) is 386 Å². The Morgan fingerprint density at radius 1 is 0.278 bits per heavy atom. The summed E-state index contributed by atoms with van der Waals surface area (Å²) in [4.78, 5) is 3.94. The van der Waals surface area contributed by atoms with Crippen LogP contribution in [0.5, 0.6) is 0 Å². The third kappa shape index (κ3) is 10.3. The van der Waals surface area contributed by atoms with Crippen molar-refractivity contribution in [1.82, 2.24) is 18.3 Å². The molecular weight excluding hydrogens is 1390 g/mol. The molecule has 12 aromatic carbocycles. The van der Waals surface area contributed by atoms with Gasteiger partial charge in [0.05, 0.1) is 55.3 Å². The zero-order chi connectivity index (χ0) is 61.8. The lowest BCUT2D eigenvalue weighted by Gasteiger charge is -2.32. The van der Waals surface area contributed by atoms with Gasteiger partial charge < -0.3 is 27.6 Å². The number of para-hydroxylation sites is 6. The Morgan fingerprint density at radius 2 is 0.556 bits per heavy atom. The predicted octanol–water partition coefficient (Wildman–Crippen LogP) is 22.3. The van der Waals surface area contributed by atoms with Gasteiger partial charge in [-0.2, -0.15) is 0 Å². The molecule has 0 unspecified atom stereocenters. The van der Waals surface area contributed by atoms with E-state index in [4.69, 9.17) is 9.31 Å². The van der Waals surface area contributed by atoms with Crippen molar-refractivity contribution in [2.24, 2.45) is 0 Å². The fourth-order valence-corrected chi connectivity index (χ4v) is 13.7. The van der Waals surface area contributed by atoms with Crippen LogP contribution in [0.25, 0.3) is 132 Å². The van der Waals surface area contributed by atoms with Crippen molar-refractivity contribution in [2.45, 2.75) is 38.9 Å². The number of aromatic nitrogens is 4. The molecule has 0 bridgehead atoms. The maximum Gasteiger partial charge on any atom is 0.494 e. The minimum absolute atomic E-state index is 0.392. The van der Waals surface area contributed by atoms with Crippen LogP contribution in [-0.2, 0) is 9.31 Å². The summed E-state index contributed by atoms with van der Waals surface area (Å²) in [6, 6.07) is 101. The first-order chi connectivity index (χ1) is 44.0. The first-order valence-corrected chi connectivity index (χ1v) is 35.4. The number of hydrogen-bond acceptors (Lipinski definition) is 2. The second-order valence-corrected chi connectivity index (χ2v) is 24.6. The Labute approximate surface area is 560 Å². The standard InChI is InChI=1S/C42H35BN2O2.C36H23BrN2.2CH3I/c1-41(2)42(3,4)47-43(46-41)30-13-12-16-32(27-30)45-38-20-11-9-18-34(38)36-26-29(22-24-40(36)45)28-21-23-39-35(25-28)33-17-8-10-19-37(33)44(39)31-14-6-5-7-15-31;37-26-9-8-12-28(23-26)39-34-16-7-5-14-30(34)32-22-25(18-20-36(32)39)24-17-19-35-31(21-24)29-13-4-6-15-33(29)38(35)27-10-2-1-3-11-27;2*1-2/h5-27H,1-4H3;1-23H;2*1H3. The Bertz CT molecular complexity index is 5340. The molecule has 5 heterocycles. The van der Waals surface area contributed by atoms with E-state index in [0.29, 0.717) is 0 Å². The number of halogens is 3. The summed E-state index contributed by atoms with van der Waals surface area (Å²) in [6.45, 7) is 8.39. The van der Waals surface area contributed by atoms with E-state index in [1.807, 2.05) is 9.86 Å². The summed E-state index contributed by atoms with van der Waals surface area (Å²) in [5, 5.41) is 10.0. The third-order valence-electron chi connectivity index (χ3n) is 18.1. The average Bonchev–Trinajstić information content (AvgIpc) is 1.95. The highest BCUT2D eigenvalue weighted by atomic mass is 127. The normalized spacial score (nSPS) is 13.5. The number of rotatable bonds is 7. The van der Waals surface area contributed by atoms with Crippen LogP contribution in [0.2, 0.25) is 0 Å². The largest absolute Gasteiger partial charge is 0.494 e. The molecule has 0 radical (unpaired) electrons. The van der Waals surface area contributed by atoms with Gasteiger partial charge >= 0.3 is 7.12 Å². The van der Waals surface area contributed by atoms with Gasteiger partial charge in [0.2, 0.25) is 0 Å². The Kier molecular flexibility index (Phi) is 16.2. The summed E-state index contributed by atoms with van der Waals surface area (Å²) in [5.41, 5.74) is 19.3. The number of hydrogen-bond donors (Lipinski definition) is 0. The Morgan fingerprint density at radius 3 is 0.900 bits per heavy atom. The van der Waals surface area contributed by atoms with Gasteiger partial charge in [-0.3, -0.25) is 0 Å². The summed E-state index contributed by atoms with van der Waals surface area (Å²) >= 11 is 7.96. The van der Waals surface area contributed by atoms with Gasteiger partial charge in [0.25, 0.3) is 0 Å². The molecule has 0 aliphatic carbocycles. The van der Waals surface area contributed by atoms with Gasteiger partial charge in [0.1, 0.15) is 0 Å². The minimum atomic E-state index is -0.414. The van der Waals surface area contributed by atoms with Gasteiger partial charge in [0, 0.05) is 70.3 Å². The molecule has 0 spiro atoms. The summed E-state index contributed by atoms with van der Waals surface area (Å²) in [7, 11) is -0.414. The smallest absolute Gasteiger partial charge is 0.399 e. The van der Waals surface area contributed by atoms with Gasteiger partial charge in [-0.05, 0) is 193 Å². The first-order valence-electron chi connectivity index (χ1n) is 30.3. The van der Waals surface area contributed by atoms with Crippen LogP contribution in [0.3, 0.4) is 0 Å². The monoisotopic (exact) mass is 1460 g/mol. The second-order valence-electron chi connectivity index (χ2n) is 23.7. The molecule has 1 aliphatic heterocycles. The highest BCUT2D eigenvalue weighted by Gasteiger charge is 2.51. The van der Waals surface area contributed by atoms with E-state index in [0.717, 1.165) is 21.3 Å². The zero-order valence-corrected chi connectivity index (χ0v) is 56.8. The van der Waals surface area contributed by atoms with E-state index in [9.17, 15) is 0 Å². The fourth-order valence-electron chi connectivity index (χ4n) is 13.3. The quantitative estimate of drug-likeness (QED) is 0.0906. The van der Waals surface area contributed by atoms with Gasteiger partial charge in [-0.15, -0.1) is 0 Å². The van der Waals surface area contributed by atoms with Crippen LogP contribution in [0.15, 0.2) is 284 Å². The Hall–Kier alpha value is -8.24. The van der Waals surface area contributed by atoms with Crippen LogP contribution in [0.4, 0.5) is 0 Å². The summed E-state index contributed by atoms with van der Waals surface area (Å²) in [5.74, 6) is 0. The molecule has 90 heavy (non-hydrogen) atoms. The van der Waals surface area contributed by atoms with Crippen molar-refractivity contribution >= 4 is 161 Å². The molecule has 0 saturated carbocycles. The first kappa shape index (κ1) is 59.4. The van der Waals surface area contributed by atoms with Crippen molar-refractivity contribution in [2.75, 3.05) is 9.86 Å². The average molecular weight is 1460 g/mol. The maximum atomic E-state index is 6.41. The molecule has 10 heteroatoms. The van der Waals surface area contributed by atoms with Gasteiger partial charge in [0.15, 0.2) is 0 Å². The molecule has 440 valence electrons. The number of benzene rings is 12. The lowest BCUT2D eigenvalue weighted by Crippen LogP contribution is -2.41. The fraction of sp³-hybridized carbons (Fsp3) is 0.100. The molecule has 6 nitrogen and oxygen atoms in total. The van der Waals surface area contributed by atoms with E-state index < -0.39 is 18.3 Å². The summed E-state index contributed by atoms with van der Waals surface area (Å²) in [6.07, 6.45) is 0. The summed E-state index contributed by atoms with van der Waals surface area (Å²) < 4.78 is 23.3. The van der Waals surface area contributed by atoms with Crippen LogP contribution in [-0.4, -0.2) is 46.4 Å². The molecule has 4 aromatic heterocycles. The second kappa shape index (κ2) is 24.5. The van der Waals surface area contributed by atoms with Crippen molar-refractivity contribution in [3.63, 3.8) is 0 Å². The molecule has 1 aliphatic rings. The molecule has 1 fully saturated rings. The third-order valence-corrected chi connectivity index (χ3v) is 18.6. The number of nitrogens with zero attached hydrogens (tertiary/aromatic N) is 4. The molecule has 0 N–H and O–H groups in total. The lowest BCUT2D eigenvalue weighted by atomic mass is 9.79. The van der Waals surface area contributed by atoms with Crippen LogP contribution < -0.4 is 5.46 Å². The van der Waals surface area contributed by atoms with Crippen LogP contribution >= 0.6 is 61.1 Å². The predicted molar refractivity (Wildman–Crippen MR) is 404 cm³/mol.